The Kier molecular flexibility index (Phi) is 4.99. The van der Waals surface area contributed by atoms with E-state index in [0.29, 0.717) is 6.54 Å². The fraction of sp³-hybridized carbons (Fsp3) is 0.714. The molecular formula is C14H23N3O2S. The first-order chi connectivity index (χ1) is 9.47. The fourth-order valence-electron chi connectivity index (χ4n) is 2.59. The molecular weight excluding hydrogens is 274 g/mol. The van der Waals surface area contributed by atoms with E-state index in [4.69, 9.17) is 0 Å². The van der Waals surface area contributed by atoms with Crippen molar-refractivity contribution in [1.82, 2.24) is 15.2 Å². The van der Waals surface area contributed by atoms with Gasteiger partial charge in [0, 0.05) is 30.6 Å². The van der Waals surface area contributed by atoms with Gasteiger partial charge in [0.05, 0.1) is 12.1 Å². The van der Waals surface area contributed by atoms with Crippen LogP contribution in [0.2, 0.25) is 0 Å². The Bertz CT molecular complexity index is 463. The van der Waals surface area contributed by atoms with Gasteiger partial charge in [-0.2, -0.15) is 0 Å². The average Bonchev–Trinajstić information content (AvgIpc) is 2.99. The van der Waals surface area contributed by atoms with Crippen LogP contribution < -0.4 is 5.32 Å². The lowest BCUT2D eigenvalue weighted by Crippen LogP contribution is -2.42. The van der Waals surface area contributed by atoms with Gasteiger partial charge in [-0.15, -0.1) is 11.3 Å². The predicted molar refractivity (Wildman–Crippen MR) is 79.8 cm³/mol. The minimum Gasteiger partial charge on any atom is -0.393 e. The quantitative estimate of drug-likeness (QED) is 0.896. The van der Waals surface area contributed by atoms with Crippen LogP contribution in [-0.2, 0) is 0 Å². The van der Waals surface area contributed by atoms with E-state index in [1.165, 1.54) is 0 Å². The van der Waals surface area contributed by atoms with Crippen LogP contribution in [0.3, 0.4) is 0 Å². The van der Waals surface area contributed by atoms with Gasteiger partial charge in [0.2, 0.25) is 0 Å². The van der Waals surface area contributed by atoms with Gasteiger partial charge in [0.1, 0.15) is 5.01 Å². The summed E-state index contributed by atoms with van der Waals surface area (Å²) in [7, 11) is 1.78. The number of aliphatic hydroxyl groups is 1. The van der Waals surface area contributed by atoms with Crippen LogP contribution in [0.1, 0.15) is 42.9 Å². The lowest BCUT2D eigenvalue weighted by Gasteiger charge is -2.24. The molecule has 2 N–H and O–H groups in total. The van der Waals surface area contributed by atoms with Gasteiger partial charge < -0.3 is 15.3 Å². The van der Waals surface area contributed by atoms with E-state index in [1.807, 2.05) is 19.2 Å². The van der Waals surface area contributed by atoms with Gasteiger partial charge in [-0.3, -0.25) is 0 Å². The van der Waals surface area contributed by atoms with E-state index in [-0.39, 0.29) is 24.1 Å². The van der Waals surface area contributed by atoms with Crippen LogP contribution in [-0.4, -0.2) is 40.7 Å². The Hall–Kier alpha value is -1.14. The Balaban J connectivity index is 1.84. The monoisotopic (exact) mass is 297 g/mol. The summed E-state index contributed by atoms with van der Waals surface area (Å²) in [5.74, 6) is 0.211. The first kappa shape index (κ1) is 15.3. The molecule has 3 unspecified atom stereocenters. The highest BCUT2D eigenvalue weighted by molar-refractivity contribution is 7.09. The Labute approximate surface area is 124 Å². The second-order valence-corrected chi connectivity index (χ2v) is 6.53. The van der Waals surface area contributed by atoms with E-state index in [1.54, 1.807) is 23.3 Å². The fourth-order valence-corrected chi connectivity index (χ4v) is 3.40. The van der Waals surface area contributed by atoms with Gasteiger partial charge in [-0.25, -0.2) is 9.78 Å². The topological polar surface area (TPSA) is 65.5 Å². The summed E-state index contributed by atoms with van der Waals surface area (Å²) < 4.78 is 0. The number of rotatable bonds is 4. The Morgan fingerprint density at radius 1 is 1.65 bits per heavy atom. The van der Waals surface area contributed by atoms with Gasteiger partial charge in [-0.05, 0) is 26.7 Å². The van der Waals surface area contributed by atoms with Gasteiger partial charge in [-0.1, -0.05) is 6.42 Å². The van der Waals surface area contributed by atoms with Crippen molar-refractivity contribution < 1.29 is 9.90 Å². The zero-order chi connectivity index (χ0) is 14.7. The van der Waals surface area contributed by atoms with Crippen LogP contribution in [0.5, 0.6) is 0 Å². The van der Waals surface area contributed by atoms with Gasteiger partial charge in [0.15, 0.2) is 0 Å². The molecule has 0 radical (unpaired) electrons. The molecule has 6 heteroatoms. The van der Waals surface area contributed by atoms with Crippen LogP contribution in [0.4, 0.5) is 4.79 Å². The second-order valence-electron chi connectivity index (χ2n) is 5.64. The number of aromatic nitrogens is 1. The number of nitrogens with one attached hydrogen (secondary N) is 1. The van der Waals surface area contributed by atoms with Crippen LogP contribution >= 0.6 is 11.3 Å². The SMILES string of the molecule is Cc1csc(C(C)NC(=O)N(C)CC2CCCC2O)n1. The molecule has 1 heterocycles. The van der Waals surface area contributed by atoms with Crippen molar-refractivity contribution in [2.75, 3.05) is 13.6 Å². The maximum Gasteiger partial charge on any atom is 0.317 e. The summed E-state index contributed by atoms with van der Waals surface area (Å²) in [6.07, 6.45) is 2.65. The number of carbonyl (C=O) groups excluding carboxylic acids is 1. The Morgan fingerprint density at radius 2 is 2.40 bits per heavy atom. The molecule has 20 heavy (non-hydrogen) atoms. The maximum atomic E-state index is 12.1. The van der Waals surface area contributed by atoms with Gasteiger partial charge in [0.25, 0.3) is 0 Å². The number of hydrogen-bond donors (Lipinski definition) is 2. The molecule has 1 aliphatic carbocycles. The number of carbonyl (C=O) groups is 1. The molecule has 1 aromatic heterocycles. The van der Waals surface area contributed by atoms with Crippen molar-refractivity contribution in [2.24, 2.45) is 5.92 Å². The number of thiazole rings is 1. The zero-order valence-corrected chi connectivity index (χ0v) is 13.1. The first-order valence-electron chi connectivity index (χ1n) is 7.09. The van der Waals surface area contributed by atoms with Crippen molar-refractivity contribution in [3.05, 3.63) is 16.1 Å². The van der Waals surface area contributed by atoms with Crippen LogP contribution in [0.15, 0.2) is 5.38 Å². The molecule has 0 saturated heterocycles. The summed E-state index contributed by atoms with van der Waals surface area (Å²) in [5, 5.41) is 15.7. The molecule has 5 nitrogen and oxygen atoms in total. The third kappa shape index (κ3) is 3.70. The minimum absolute atomic E-state index is 0.0860. The van der Waals surface area contributed by atoms with E-state index in [9.17, 15) is 9.90 Å². The molecule has 0 spiro atoms. The Morgan fingerprint density at radius 3 is 2.95 bits per heavy atom. The lowest BCUT2D eigenvalue weighted by atomic mass is 10.1. The molecule has 1 saturated carbocycles. The molecule has 1 aromatic rings. The number of hydrogen-bond acceptors (Lipinski definition) is 4. The first-order valence-corrected chi connectivity index (χ1v) is 7.97. The zero-order valence-electron chi connectivity index (χ0n) is 12.3. The predicted octanol–water partition coefficient (Wildman–Crippen LogP) is 2.31. The summed E-state index contributed by atoms with van der Waals surface area (Å²) in [6, 6.07) is -0.193. The van der Waals surface area contributed by atoms with Crippen molar-refractivity contribution in [3.8, 4) is 0 Å². The summed E-state index contributed by atoms with van der Waals surface area (Å²) >= 11 is 1.56. The highest BCUT2D eigenvalue weighted by Crippen LogP contribution is 2.26. The minimum atomic E-state index is -0.260. The van der Waals surface area contributed by atoms with Crippen LogP contribution in [0, 0.1) is 12.8 Å². The second kappa shape index (κ2) is 6.54. The van der Waals surface area contributed by atoms with E-state index < -0.39 is 0 Å². The van der Waals surface area contributed by atoms with Gasteiger partial charge >= 0.3 is 6.03 Å². The van der Waals surface area contributed by atoms with E-state index in [0.717, 1.165) is 30.0 Å². The summed E-state index contributed by atoms with van der Waals surface area (Å²) in [6.45, 7) is 4.49. The highest BCUT2D eigenvalue weighted by atomic mass is 32.1. The summed E-state index contributed by atoms with van der Waals surface area (Å²) in [5.41, 5.74) is 0.980. The molecule has 1 aliphatic rings. The van der Waals surface area contributed by atoms with E-state index >= 15 is 0 Å². The molecule has 0 aromatic carbocycles. The highest BCUT2D eigenvalue weighted by Gasteiger charge is 2.27. The third-order valence-corrected chi connectivity index (χ3v) is 4.97. The normalized spacial score (nSPS) is 23.6. The molecule has 1 fully saturated rings. The number of aliphatic hydroxyl groups excluding tert-OH is 1. The largest absolute Gasteiger partial charge is 0.393 e. The average molecular weight is 297 g/mol. The molecule has 0 aliphatic heterocycles. The number of nitrogens with zero attached hydrogens (tertiary/aromatic N) is 2. The molecule has 3 atom stereocenters. The molecule has 0 bridgehead atoms. The smallest absolute Gasteiger partial charge is 0.317 e. The third-order valence-electron chi connectivity index (χ3n) is 3.82. The number of urea groups is 1. The number of amides is 2. The molecule has 2 rings (SSSR count). The van der Waals surface area contributed by atoms with Crippen molar-refractivity contribution in [1.29, 1.82) is 0 Å². The molecule has 2 amide bonds. The molecule has 112 valence electrons. The maximum absolute atomic E-state index is 12.1. The number of aryl methyl sites for hydroxylation is 1. The van der Waals surface area contributed by atoms with Crippen LogP contribution in [0.25, 0.3) is 0 Å². The van der Waals surface area contributed by atoms with Crippen molar-refractivity contribution >= 4 is 17.4 Å². The lowest BCUT2D eigenvalue weighted by molar-refractivity contribution is 0.113. The standard InChI is InChI=1S/C14H23N3O2S/c1-9-8-20-13(15-9)10(2)16-14(19)17(3)7-11-5-4-6-12(11)18/h8,10-12,18H,4-7H2,1-3H3,(H,16,19). The van der Waals surface area contributed by atoms with Crippen molar-refractivity contribution in [3.63, 3.8) is 0 Å². The summed E-state index contributed by atoms with van der Waals surface area (Å²) in [4.78, 5) is 18.2. The van der Waals surface area contributed by atoms with Crippen molar-refractivity contribution in [2.45, 2.75) is 45.3 Å². The van der Waals surface area contributed by atoms with E-state index in [2.05, 4.69) is 10.3 Å².